The molecule has 2 aromatic heterocycles. The molecule has 3 aromatic rings. The van der Waals surface area contributed by atoms with E-state index in [1.165, 1.54) is 24.7 Å². The summed E-state index contributed by atoms with van der Waals surface area (Å²) >= 11 is 0. The van der Waals surface area contributed by atoms with E-state index in [0.717, 1.165) is 0 Å². The third kappa shape index (κ3) is 2.88. The maximum absolute atomic E-state index is 13.4. The van der Waals surface area contributed by atoms with Gasteiger partial charge in [-0.15, -0.1) is 0 Å². The van der Waals surface area contributed by atoms with Gasteiger partial charge in [0.15, 0.2) is 0 Å². The Morgan fingerprint density at radius 1 is 1.08 bits per heavy atom. The number of hydrogen-bond donors (Lipinski definition) is 1. The van der Waals surface area contributed by atoms with Gasteiger partial charge in [0, 0.05) is 25.0 Å². The summed E-state index contributed by atoms with van der Waals surface area (Å²) in [6.07, 6.45) is 2.99. The molecular formula is C18H17F2N3O2S. The van der Waals surface area contributed by atoms with Gasteiger partial charge < -0.3 is 4.98 Å². The van der Waals surface area contributed by atoms with E-state index in [4.69, 9.17) is 0 Å². The lowest BCUT2D eigenvalue weighted by molar-refractivity contribution is -0.0384. The molecule has 1 fully saturated rings. The lowest BCUT2D eigenvalue weighted by atomic mass is 9.84. The molecule has 8 heteroatoms. The van der Waals surface area contributed by atoms with Gasteiger partial charge in [-0.05, 0) is 25.0 Å². The zero-order chi connectivity index (χ0) is 18.4. The van der Waals surface area contributed by atoms with Crippen LogP contribution in [-0.4, -0.2) is 29.3 Å². The number of fused-ring (bicyclic) bond motifs is 1. The molecule has 0 amide bonds. The van der Waals surface area contributed by atoms with Crippen LogP contribution >= 0.6 is 0 Å². The van der Waals surface area contributed by atoms with Crippen LogP contribution in [0.25, 0.3) is 11.0 Å². The van der Waals surface area contributed by atoms with Crippen LogP contribution in [0.3, 0.4) is 0 Å². The first-order chi connectivity index (χ1) is 12.4. The molecule has 1 aliphatic carbocycles. The molecule has 1 aliphatic rings. The molecule has 26 heavy (non-hydrogen) atoms. The quantitative estimate of drug-likeness (QED) is 0.746. The van der Waals surface area contributed by atoms with Gasteiger partial charge in [0.25, 0.3) is 0 Å². The summed E-state index contributed by atoms with van der Waals surface area (Å²) in [4.78, 5) is 11.6. The Labute approximate surface area is 149 Å². The number of sulfone groups is 1. The molecule has 136 valence electrons. The van der Waals surface area contributed by atoms with E-state index in [9.17, 15) is 17.2 Å². The van der Waals surface area contributed by atoms with E-state index >= 15 is 0 Å². The number of benzene rings is 1. The predicted molar refractivity (Wildman–Crippen MR) is 91.9 cm³/mol. The van der Waals surface area contributed by atoms with Gasteiger partial charge >= 0.3 is 0 Å². The van der Waals surface area contributed by atoms with E-state index in [-0.39, 0.29) is 28.6 Å². The van der Waals surface area contributed by atoms with E-state index < -0.39 is 15.8 Å². The number of halogens is 2. The maximum atomic E-state index is 13.4. The predicted octanol–water partition coefficient (Wildman–Crippen LogP) is 4.08. The summed E-state index contributed by atoms with van der Waals surface area (Å²) in [5.41, 5.74) is 1.42. The summed E-state index contributed by atoms with van der Waals surface area (Å²) in [6, 6.07) is 8.11. The van der Waals surface area contributed by atoms with Crippen LogP contribution in [0, 0.1) is 0 Å². The Morgan fingerprint density at radius 2 is 1.77 bits per heavy atom. The molecule has 0 bridgehead atoms. The number of aromatic amines is 1. The molecule has 1 N–H and O–H groups in total. The number of alkyl halides is 2. The smallest absolute Gasteiger partial charge is 0.248 e. The number of nitrogens with zero attached hydrogens (tertiary/aromatic N) is 2. The molecule has 4 rings (SSSR count). The molecule has 0 aliphatic heterocycles. The van der Waals surface area contributed by atoms with Crippen LogP contribution in [0.1, 0.15) is 37.3 Å². The van der Waals surface area contributed by atoms with E-state index in [2.05, 4.69) is 15.0 Å². The first-order valence-electron chi connectivity index (χ1n) is 8.38. The summed E-state index contributed by atoms with van der Waals surface area (Å²) in [5, 5.41) is 0. The standard InChI is InChI=1S/C18H17F2N3O2S/c19-18(20)8-6-12(7-9-18)15-17-16(23-11-22-15)14(10-21-17)26(24,25)13-4-2-1-3-5-13/h1-5,10-12,21H,6-9H2. The molecule has 5 nitrogen and oxygen atoms in total. The molecule has 0 saturated heterocycles. The van der Waals surface area contributed by atoms with Crippen molar-refractivity contribution in [2.24, 2.45) is 0 Å². The van der Waals surface area contributed by atoms with Crippen LogP contribution < -0.4 is 0 Å². The fourth-order valence-corrected chi connectivity index (χ4v) is 4.88. The molecular weight excluding hydrogens is 360 g/mol. The van der Waals surface area contributed by atoms with Gasteiger partial charge in [0.2, 0.25) is 15.8 Å². The summed E-state index contributed by atoms with van der Waals surface area (Å²) in [6.45, 7) is 0. The largest absolute Gasteiger partial charge is 0.357 e. The minimum atomic E-state index is -3.73. The van der Waals surface area contributed by atoms with Gasteiger partial charge in [0.1, 0.15) is 16.7 Å². The number of H-pyrrole nitrogens is 1. The van der Waals surface area contributed by atoms with Gasteiger partial charge in [-0.1, -0.05) is 18.2 Å². The van der Waals surface area contributed by atoms with Crippen LogP contribution in [0.4, 0.5) is 8.78 Å². The van der Waals surface area contributed by atoms with Gasteiger partial charge in [-0.25, -0.2) is 27.2 Å². The number of rotatable bonds is 3. The van der Waals surface area contributed by atoms with Crippen molar-refractivity contribution < 1.29 is 17.2 Å². The van der Waals surface area contributed by atoms with Crippen molar-refractivity contribution in [2.75, 3.05) is 0 Å². The minimum Gasteiger partial charge on any atom is -0.357 e. The second-order valence-electron chi connectivity index (χ2n) is 6.58. The molecule has 0 radical (unpaired) electrons. The maximum Gasteiger partial charge on any atom is 0.248 e. The highest BCUT2D eigenvalue weighted by molar-refractivity contribution is 7.91. The molecule has 0 atom stereocenters. The highest BCUT2D eigenvalue weighted by atomic mass is 32.2. The van der Waals surface area contributed by atoms with Crippen molar-refractivity contribution in [1.29, 1.82) is 0 Å². The normalized spacial score (nSPS) is 18.2. The van der Waals surface area contributed by atoms with Gasteiger partial charge in [0.05, 0.1) is 16.1 Å². The van der Waals surface area contributed by atoms with Crippen molar-refractivity contribution in [3.05, 3.63) is 48.5 Å². The Bertz CT molecular complexity index is 1040. The first-order valence-corrected chi connectivity index (χ1v) is 9.87. The fourth-order valence-electron chi connectivity index (χ4n) is 3.49. The zero-order valence-corrected chi connectivity index (χ0v) is 14.6. The highest BCUT2D eigenvalue weighted by Crippen LogP contribution is 2.42. The summed E-state index contributed by atoms with van der Waals surface area (Å²) in [7, 11) is -3.73. The first kappa shape index (κ1) is 17.1. The Morgan fingerprint density at radius 3 is 2.46 bits per heavy atom. The second kappa shape index (κ2) is 6.12. The SMILES string of the molecule is O=S(=O)(c1ccccc1)c1c[nH]c2c(C3CCC(F)(F)CC3)ncnc12. The van der Waals surface area contributed by atoms with E-state index in [1.807, 2.05) is 0 Å². The Balaban J connectivity index is 1.77. The number of hydrogen-bond acceptors (Lipinski definition) is 4. The average Bonchev–Trinajstić information content (AvgIpc) is 3.07. The molecule has 2 heterocycles. The van der Waals surface area contributed by atoms with Gasteiger partial charge in [-0.2, -0.15) is 0 Å². The molecule has 0 unspecified atom stereocenters. The third-order valence-electron chi connectivity index (χ3n) is 4.90. The fraction of sp³-hybridized carbons (Fsp3) is 0.333. The molecule has 1 aromatic carbocycles. The third-order valence-corrected chi connectivity index (χ3v) is 6.69. The number of aromatic nitrogens is 3. The van der Waals surface area contributed by atoms with Crippen molar-refractivity contribution in [1.82, 2.24) is 15.0 Å². The summed E-state index contributed by atoms with van der Waals surface area (Å²) in [5.74, 6) is -2.76. The Hall–Kier alpha value is -2.35. The van der Waals surface area contributed by atoms with Crippen molar-refractivity contribution in [3.8, 4) is 0 Å². The average molecular weight is 377 g/mol. The summed E-state index contributed by atoms with van der Waals surface area (Å²) < 4.78 is 52.7. The monoisotopic (exact) mass is 377 g/mol. The lowest BCUT2D eigenvalue weighted by Crippen LogP contribution is -2.24. The van der Waals surface area contributed by atoms with Crippen LogP contribution in [-0.2, 0) is 9.84 Å². The lowest BCUT2D eigenvalue weighted by Gasteiger charge is -2.27. The molecule has 1 saturated carbocycles. The zero-order valence-electron chi connectivity index (χ0n) is 13.8. The number of nitrogens with one attached hydrogen (secondary N) is 1. The van der Waals surface area contributed by atoms with Gasteiger partial charge in [-0.3, -0.25) is 0 Å². The van der Waals surface area contributed by atoms with E-state index in [0.29, 0.717) is 29.6 Å². The Kier molecular flexibility index (Phi) is 4.02. The minimum absolute atomic E-state index is 0.0727. The van der Waals surface area contributed by atoms with E-state index in [1.54, 1.807) is 18.2 Å². The van der Waals surface area contributed by atoms with Crippen LogP contribution in [0.2, 0.25) is 0 Å². The molecule has 0 spiro atoms. The van der Waals surface area contributed by atoms with Crippen LogP contribution in [0.5, 0.6) is 0 Å². The highest BCUT2D eigenvalue weighted by Gasteiger charge is 2.37. The van der Waals surface area contributed by atoms with Crippen molar-refractivity contribution >= 4 is 20.9 Å². The van der Waals surface area contributed by atoms with Crippen molar-refractivity contribution in [3.63, 3.8) is 0 Å². The topological polar surface area (TPSA) is 75.7 Å². The van der Waals surface area contributed by atoms with Crippen LogP contribution in [0.15, 0.2) is 52.6 Å². The van der Waals surface area contributed by atoms with Crippen molar-refractivity contribution in [2.45, 2.75) is 47.3 Å². The second-order valence-corrected chi connectivity index (χ2v) is 8.50.